The molecule has 2 unspecified atom stereocenters. The first-order chi connectivity index (χ1) is 17.4. The molecule has 0 bridgehead atoms. The monoisotopic (exact) mass is 488 g/mol. The van der Waals surface area contributed by atoms with E-state index >= 15 is 0 Å². The molecule has 3 heterocycles. The van der Waals surface area contributed by atoms with Gasteiger partial charge in [-0.2, -0.15) is 5.26 Å². The summed E-state index contributed by atoms with van der Waals surface area (Å²) < 4.78 is 0. The molecule has 0 saturated carbocycles. The van der Waals surface area contributed by atoms with E-state index in [4.69, 9.17) is 0 Å². The summed E-state index contributed by atoms with van der Waals surface area (Å²) in [5.41, 5.74) is 3.22. The number of nitrogens with zero attached hydrogens (tertiary/aromatic N) is 6. The van der Waals surface area contributed by atoms with Gasteiger partial charge in [-0.1, -0.05) is 12.1 Å². The molecule has 0 spiro atoms. The molecule has 0 aromatic heterocycles. The first kappa shape index (κ1) is 23.6. The number of hydrogen-bond donors (Lipinski definition) is 0. The number of nitro groups is 1. The zero-order valence-electron chi connectivity index (χ0n) is 20.2. The number of non-ortho nitro benzene ring substituents is 1. The molecule has 3 aliphatic rings. The third kappa shape index (κ3) is 4.21. The van der Waals surface area contributed by atoms with Crippen molar-refractivity contribution < 1.29 is 14.5 Å². The van der Waals surface area contributed by atoms with Crippen molar-refractivity contribution >= 4 is 28.9 Å². The Labute approximate surface area is 209 Å². The van der Waals surface area contributed by atoms with Crippen LogP contribution in [0.3, 0.4) is 0 Å². The third-order valence-electron chi connectivity index (χ3n) is 7.63. The molecule has 0 aliphatic carbocycles. The molecule has 2 aromatic rings. The minimum absolute atomic E-state index is 0.00579. The SMILES string of the molecule is CC(=O)N1CCN(C(=O)C2Cc3cc([N+](=O)[O-])ccc3N3CCN(c4ccccc4C#N)CC23)CC1. The highest BCUT2D eigenvalue weighted by Gasteiger charge is 2.44. The molecule has 36 heavy (non-hydrogen) atoms. The van der Waals surface area contributed by atoms with Crippen molar-refractivity contribution in [1.82, 2.24) is 9.80 Å². The summed E-state index contributed by atoms with van der Waals surface area (Å²) in [5.74, 6) is -0.368. The largest absolute Gasteiger partial charge is 0.367 e. The second-order valence-electron chi connectivity index (χ2n) is 9.55. The van der Waals surface area contributed by atoms with Gasteiger partial charge in [0, 0.05) is 70.6 Å². The van der Waals surface area contributed by atoms with Crippen molar-refractivity contribution in [1.29, 1.82) is 5.26 Å². The number of hydrogen-bond acceptors (Lipinski definition) is 7. The van der Waals surface area contributed by atoms with E-state index in [0.29, 0.717) is 57.8 Å². The molecule has 0 N–H and O–H groups in total. The smallest absolute Gasteiger partial charge is 0.269 e. The number of amides is 2. The molecule has 2 aromatic carbocycles. The highest BCUT2D eigenvalue weighted by molar-refractivity contribution is 5.83. The van der Waals surface area contributed by atoms with E-state index in [1.165, 1.54) is 13.0 Å². The van der Waals surface area contributed by atoms with Crippen LogP contribution in [0.2, 0.25) is 0 Å². The summed E-state index contributed by atoms with van der Waals surface area (Å²) in [6.07, 6.45) is 0.414. The summed E-state index contributed by atoms with van der Waals surface area (Å²) in [7, 11) is 0. The average molecular weight is 489 g/mol. The molecule has 2 saturated heterocycles. The van der Waals surface area contributed by atoms with Crippen molar-refractivity contribution in [2.75, 3.05) is 55.6 Å². The Morgan fingerprint density at radius 2 is 1.72 bits per heavy atom. The minimum Gasteiger partial charge on any atom is -0.367 e. The number of fused-ring (bicyclic) bond motifs is 3. The van der Waals surface area contributed by atoms with Crippen molar-refractivity contribution in [2.24, 2.45) is 5.92 Å². The van der Waals surface area contributed by atoms with E-state index in [9.17, 15) is 25.0 Å². The molecule has 2 amide bonds. The second kappa shape index (κ2) is 9.49. The van der Waals surface area contributed by atoms with Gasteiger partial charge in [0.2, 0.25) is 11.8 Å². The van der Waals surface area contributed by atoms with Crippen LogP contribution in [0.5, 0.6) is 0 Å². The van der Waals surface area contributed by atoms with E-state index in [-0.39, 0.29) is 29.5 Å². The standard InChI is InChI=1S/C26H28N6O4/c1-18(33)28-8-10-29(11-9-28)26(34)22-15-20-14-21(32(35)36)6-7-24(20)31-13-12-30(17-25(22)31)23-5-3-2-4-19(23)16-27/h2-7,14,22,25H,8-13,15,17H2,1H3. The summed E-state index contributed by atoms with van der Waals surface area (Å²) in [4.78, 5) is 44.6. The van der Waals surface area contributed by atoms with Crippen molar-refractivity contribution in [3.63, 3.8) is 0 Å². The van der Waals surface area contributed by atoms with Gasteiger partial charge in [0.25, 0.3) is 5.69 Å². The Morgan fingerprint density at radius 3 is 2.42 bits per heavy atom. The number of benzene rings is 2. The fourth-order valence-electron chi connectivity index (χ4n) is 5.75. The van der Waals surface area contributed by atoms with Crippen molar-refractivity contribution in [3.05, 3.63) is 63.7 Å². The zero-order valence-corrected chi connectivity index (χ0v) is 20.2. The van der Waals surface area contributed by atoms with Crippen LogP contribution in [-0.4, -0.2) is 78.4 Å². The van der Waals surface area contributed by atoms with Gasteiger partial charge in [0.1, 0.15) is 6.07 Å². The Bertz CT molecular complexity index is 1250. The van der Waals surface area contributed by atoms with Crippen LogP contribution in [0, 0.1) is 27.4 Å². The van der Waals surface area contributed by atoms with E-state index in [2.05, 4.69) is 15.9 Å². The first-order valence-electron chi connectivity index (χ1n) is 12.2. The number of rotatable bonds is 3. The van der Waals surface area contributed by atoms with Gasteiger partial charge in [0.15, 0.2) is 0 Å². The van der Waals surface area contributed by atoms with Crippen LogP contribution in [-0.2, 0) is 16.0 Å². The fraction of sp³-hybridized carbons (Fsp3) is 0.423. The summed E-state index contributed by atoms with van der Waals surface area (Å²) in [6, 6.07) is 14.5. The molecular formula is C26H28N6O4. The van der Waals surface area contributed by atoms with E-state index in [0.717, 1.165) is 16.9 Å². The number of carbonyl (C=O) groups excluding carboxylic acids is 2. The van der Waals surface area contributed by atoms with Crippen LogP contribution >= 0.6 is 0 Å². The summed E-state index contributed by atoms with van der Waals surface area (Å²) in [5, 5.41) is 21.1. The topological polar surface area (TPSA) is 114 Å². The van der Waals surface area contributed by atoms with Gasteiger partial charge in [-0.25, -0.2) is 0 Å². The molecule has 3 aliphatic heterocycles. The fourth-order valence-corrected chi connectivity index (χ4v) is 5.75. The molecule has 2 fully saturated rings. The number of piperazine rings is 2. The molecular weight excluding hydrogens is 460 g/mol. The van der Waals surface area contributed by atoms with E-state index in [1.54, 1.807) is 23.1 Å². The van der Waals surface area contributed by atoms with Gasteiger partial charge >= 0.3 is 0 Å². The molecule has 2 atom stereocenters. The van der Waals surface area contributed by atoms with E-state index in [1.807, 2.05) is 23.1 Å². The minimum atomic E-state index is -0.402. The maximum absolute atomic E-state index is 13.9. The van der Waals surface area contributed by atoms with Gasteiger partial charge in [-0.15, -0.1) is 0 Å². The van der Waals surface area contributed by atoms with Crippen LogP contribution in [0.1, 0.15) is 18.1 Å². The third-order valence-corrected chi connectivity index (χ3v) is 7.63. The van der Waals surface area contributed by atoms with Gasteiger partial charge < -0.3 is 19.6 Å². The van der Waals surface area contributed by atoms with Gasteiger partial charge in [0.05, 0.1) is 28.1 Å². The van der Waals surface area contributed by atoms with E-state index < -0.39 is 4.92 Å². The maximum atomic E-state index is 13.9. The molecule has 0 radical (unpaired) electrons. The summed E-state index contributed by atoms with van der Waals surface area (Å²) >= 11 is 0. The quantitative estimate of drug-likeness (QED) is 0.480. The Hall–Kier alpha value is -4.13. The van der Waals surface area contributed by atoms with Crippen LogP contribution in [0.25, 0.3) is 0 Å². The Kier molecular flexibility index (Phi) is 6.22. The number of nitro benzene ring substituents is 1. The molecule has 5 rings (SSSR count). The number of carbonyl (C=O) groups is 2. The van der Waals surface area contributed by atoms with Crippen LogP contribution < -0.4 is 9.80 Å². The molecule has 186 valence electrons. The molecule has 10 nitrogen and oxygen atoms in total. The number of anilines is 2. The second-order valence-corrected chi connectivity index (χ2v) is 9.55. The Balaban J connectivity index is 1.47. The maximum Gasteiger partial charge on any atom is 0.269 e. The van der Waals surface area contributed by atoms with Crippen molar-refractivity contribution in [2.45, 2.75) is 19.4 Å². The lowest BCUT2D eigenvalue weighted by atomic mass is 9.82. The lowest BCUT2D eigenvalue weighted by Gasteiger charge is -2.50. The van der Waals surface area contributed by atoms with Crippen molar-refractivity contribution in [3.8, 4) is 6.07 Å². The number of para-hydroxylation sites is 1. The highest BCUT2D eigenvalue weighted by atomic mass is 16.6. The van der Waals surface area contributed by atoms with Crippen LogP contribution in [0.15, 0.2) is 42.5 Å². The van der Waals surface area contributed by atoms with Gasteiger partial charge in [-0.3, -0.25) is 19.7 Å². The lowest BCUT2D eigenvalue weighted by molar-refractivity contribution is -0.384. The molecule has 10 heteroatoms. The predicted octanol–water partition coefficient (Wildman–Crippen LogP) is 2.02. The first-order valence-corrected chi connectivity index (χ1v) is 12.2. The predicted molar refractivity (Wildman–Crippen MR) is 134 cm³/mol. The highest BCUT2D eigenvalue weighted by Crippen LogP contribution is 2.39. The van der Waals surface area contributed by atoms with Crippen LogP contribution in [0.4, 0.5) is 17.1 Å². The normalized spacial score (nSPS) is 21.3. The average Bonchev–Trinajstić information content (AvgIpc) is 2.91. The lowest BCUT2D eigenvalue weighted by Crippen LogP contribution is -2.62. The zero-order chi connectivity index (χ0) is 25.4. The summed E-state index contributed by atoms with van der Waals surface area (Å²) in [6.45, 7) is 5.38. The Morgan fingerprint density at radius 1 is 1.00 bits per heavy atom. The number of nitriles is 1. The van der Waals surface area contributed by atoms with Gasteiger partial charge in [-0.05, 0) is 30.2 Å².